The number of sulfonamides is 1. The van der Waals surface area contributed by atoms with Gasteiger partial charge < -0.3 is 10.7 Å². The number of H-pyrrole nitrogens is 1. The molecule has 0 bridgehead atoms. The molecule has 0 fully saturated rings. The van der Waals surface area contributed by atoms with Gasteiger partial charge >= 0.3 is 0 Å². The van der Waals surface area contributed by atoms with Crippen LogP contribution in [0.25, 0.3) is 0 Å². The number of nitrogens with zero attached hydrogens (tertiary/aromatic N) is 1. The summed E-state index contributed by atoms with van der Waals surface area (Å²) in [4.78, 5) is 6.81. The Morgan fingerprint density at radius 3 is 2.88 bits per heavy atom. The highest BCUT2D eigenvalue weighted by Crippen LogP contribution is 2.12. The largest absolute Gasteiger partial charge is 0.392 e. The van der Waals surface area contributed by atoms with E-state index in [1.807, 2.05) is 6.92 Å². The fourth-order valence-corrected chi connectivity index (χ4v) is 2.88. The predicted octanol–water partition coefficient (Wildman–Crippen LogP) is 0.0663. The summed E-state index contributed by atoms with van der Waals surface area (Å²) in [5.74, 6) is 0.230. The molecule has 16 heavy (non-hydrogen) atoms. The fourth-order valence-electron chi connectivity index (χ4n) is 1.25. The van der Waals surface area contributed by atoms with Crippen LogP contribution in [0.1, 0.15) is 25.2 Å². The minimum Gasteiger partial charge on any atom is -0.392 e. The van der Waals surface area contributed by atoms with Gasteiger partial charge in [0.05, 0.1) is 11.0 Å². The second-order valence-electron chi connectivity index (χ2n) is 3.28. The van der Waals surface area contributed by atoms with Gasteiger partial charge in [0.2, 0.25) is 10.0 Å². The van der Waals surface area contributed by atoms with E-state index >= 15 is 0 Å². The molecule has 1 unspecified atom stereocenters. The Kier molecular flexibility index (Phi) is 4.39. The van der Waals surface area contributed by atoms with Gasteiger partial charge in [-0.2, -0.15) is 0 Å². The number of nitrogens with one attached hydrogen (secondary N) is 2. The van der Waals surface area contributed by atoms with Crippen molar-refractivity contribution >= 4 is 27.2 Å². The molecule has 1 atom stereocenters. The van der Waals surface area contributed by atoms with Crippen LogP contribution in [0.4, 0.5) is 0 Å². The highest BCUT2D eigenvalue weighted by atomic mass is 32.2. The molecular formula is C8H14N4O2S2. The molecule has 1 aromatic heterocycles. The summed E-state index contributed by atoms with van der Waals surface area (Å²) in [5.41, 5.74) is 5.20. The van der Waals surface area contributed by atoms with Crippen molar-refractivity contribution in [1.82, 2.24) is 14.7 Å². The zero-order valence-electron chi connectivity index (χ0n) is 8.80. The van der Waals surface area contributed by atoms with Crippen LogP contribution in [0.2, 0.25) is 0 Å². The summed E-state index contributed by atoms with van der Waals surface area (Å²) in [6.07, 6.45) is 3.80. The normalized spacial score (nSPS) is 13.6. The van der Waals surface area contributed by atoms with Crippen LogP contribution in [0.3, 0.4) is 0 Å². The van der Waals surface area contributed by atoms with E-state index in [1.54, 1.807) is 12.4 Å². The van der Waals surface area contributed by atoms with Crippen molar-refractivity contribution in [3.8, 4) is 0 Å². The lowest BCUT2D eigenvalue weighted by Crippen LogP contribution is -2.35. The van der Waals surface area contributed by atoms with Crippen molar-refractivity contribution in [1.29, 1.82) is 0 Å². The average Bonchev–Trinajstić information content (AvgIpc) is 2.64. The van der Waals surface area contributed by atoms with Crippen LogP contribution in [0, 0.1) is 0 Å². The lowest BCUT2D eigenvalue weighted by molar-refractivity contribution is 0.542. The maximum absolute atomic E-state index is 11.6. The van der Waals surface area contributed by atoms with Gasteiger partial charge in [0.25, 0.3) is 0 Å². The highest BCUT2D eigenvalue weighted by Gasteiger charge is 2.20. The van der Waals surface area contributed by atoms with E-state index in [0.29, 0.717) is 12.2 Å². The van der Waals surface area contributed by atoms with Crippen LogP contribution in [-0.4, -0.2) is 29.1 Å². The van der Waals surface area contributed by atoms with E-state index in [9.17, 15) is 8.42 Å². The second-order valence-corrected chi connectivity index (χ2v) is 5.56. The minimum absolute atomic E-state index is 0.0539. The van der Waals surface area contributed by atoms with E-state index in [1.165, 1.54) is 0 Å². The van der Waals surface area contributed by atoms with Crippen molar-refractivity contribution in [3.05, 3.63) is 18.2 Å². The smallest absolute Gasteiger partial charge is 0.218 e. The van der Waals surface area contributed by atoms with E-state index in [0.717, 1.165) is 0 Å². The Morgan fingerprint density at radius 2 is 2.44 bits per heavy atom. The van der Waals surface area contributed by atoms with Crippen LogP contribution < -0.4 is 10.5 Å². The molecule has 0 radical (unpaired) electrons. The number of hydrogen-bond acceptors (Lipinski definition) is 4. The molecule has 0 spiro atoms. The average molecular weight is 262 g/mol. The van der Waals surface area contributed by atoms with Crippen LogP contribution in [-0.2, 0) is 10.0 Å². The molecule has 0 amide bonds. The first-order valence-electron chi connectivity index (χ1n) is 4.72. The third-order valence-electron chi connectivity index (χ3n) is 1.91. The Balaban J connectivity index is 2.75. The number of thiocarbonyl (C=S) groups is 1. The highest BCUT2D eigenvalue weighted by molar-refractivity contribution is 7.92. The maximum Gasteiger partial charge on any atom is 0.218 e. The first-order chi connectivity index (χ1) is 7.44. The molecule has 0 aromatic carbocycles. The standard InChI is InChI=1S/C8H14N4O2S2/c1-2-6(8-10-3-4-11-8)12-16(13,14)5-7(9)15/h3-4,6,12H,2,5H2,1H3,(H2,9,15)(H,10,11). The summed E-state index contributed by atoms with van der Waals surface area (Å²) in [5, 5.41) is 0. The van der Waals surface area contributed by atoms with Crippen molar-refractivity contribution < 1.29 is 8.42 Å². The first kappa shape index (κ1) is 13.1. The van der Waals surface area contributed by atoms with Crippen molar-refractivity contribution in [3.63, 3.8) is 0 Å². The molecule has 90 valence electrons. The molecule has 1 heterocycles. The van der Waals surface area contributed by atoms with Gasteiger partial charge in [-0.25, -0.2) is 18.1 Å². The molecule has 0 aliphatic carbocycles. The molecule has 0 saturated heterocycles. The topological polar surface area (TPSA) is 101 Å². The number of nitrogens with two attached hydrogens (primary N) is 1. The van der Waals surface area contributed by atoms with Gasteiger partial charge in [-0.15, -0.1) is 0 Å². The lowest BCUT2D eigenvalue weighted by atomic mass is 10.2. The first-order valence-corrected chi connectivity index (χ1v) is 6.78. The molecule has 1 aromatic rings. The minimum atomic E-state index is -3.49. The molecule has 4 N–H and O–H groups in total. The van der Waals surface area contributed by atoms with Gasteiger partial charge in [0, 0.05) is 12.4 Å². The SMILES string of the molecule is CCC(NS(=O)(=O)CC(N)=S)c1ncc[nH]1. The molecule has 0 aliphatic heterocycles. The van der Waals surface area contributed by atoms with Crippen molar-refractivity contribution in [2.24, 2.45) is 5.73 Å². The zero-order valence-corrected chi connectivity index (χ0v) is 10.4. The zero-order chi connectivity index (χ0) is 12.2. The molecule has 6 nitrogen and oxygen atoms in total. The summed E-state index contributed by atoms with van der Waals surface area (Å²) in [6, 6.07) is -0.380. The molecule has 8 heteroatoms. The van der Waals surface area contributed by atoms with Crippen LogP contribution in [0.5, 0.6) is 0 Å². The molecule has 0 aliphatic rings. The Bertz CT molecular complexity index is 441. The second kappa shape index (κ2) is 5.37. The monoisotopic (exact) mass is 262 g/mol. The maximum atomic E-state index is 11.6. The van der Waals surface area contributed by atoms with Crippen molar-refractivity contribution in [2.45, 2.75) is 19.4 Å². The lowest BCUT2D eigenvalue weighted by Gasteiger charge is -2.14. The predicted molar refractivity (Wildman–Crippen MR) is 65.3 cm³/mol. The van der Waals surface area contributed by atoms with E-state index < -0.39 is 10.0 Å². The summed E-state index contributed by atoms with van der Waals surface area (Å²) < 4.78 is 25.7. The number of rotatable bonds is 6. The van der Waals surface area contributed by atoms with Gasteiger partial charge in [0.15, 0.2) is 0 Å². The third kappa shape index (κ3) is 3.87. The van der Waals surface area contributed by atoms with Gasteiger partial charge in [-0.1, -0.05) is 19.1 Å². The Morgan fingerprint density at radius 1 is 1.75 bits per heavy atom. The van der Waals surface area contributed by atoms with Crippen molar-refractivity contribution in [2.75, 3.05) is 5.75 Å². The fraction of sp³-hybridized carbons (Fsp3) is 0.500. The summed E-state index contributed by atoms with van der Waals surface area (Å²) >= 11 is 4.57. The van der Waals surface area contributed by atoms with Crippen LogP contribution in [0.15, 0.2) is 12.4 Å². The molecule has 1 rings (SSSR count). The number of imidazole rings is 1. The Labute approximate surface area is 99.7 Å². The number of aromatic amines is 1. The van der Waals surface area contributed by atoms with Gasteiger partial charge in [0.1, 0.15) is 11.6 Å². The van der Waals surface area contributed by atoms with Gasteiger partial charge in [-0.05, 0) is 6.42 Å². The quantitative estimate of drug-likeness (QED) is 0.630. The number of hydrogen-bond donors (Lipinski definition) is 3. The number of aromatic nitrogens is 2. The van der Waals surface area contributed by atoms with E-state index in [4.69, 9.17) is 5.73 Å². The van der Waals surface area contributed by atoms with Gasteiger partial charge in [-0.3, -0.25) is 0 Å². The van der Waals surface area contributed by atoms with E-state index in [-0.39, 0.29) is 16.8 Å². The third-order valence-corrected chi connectivity index (χ3v) is 3.57. The molecule has 0 saturated carbocycles. The van der Waals surface area contributed by atoms with E-state index in [2.05, 4.69) is 26.9 Å². The van der Waals surface area contributed by atoms with Crippen LogP contribution >= 0.6 is 12.2 Å². The molecular weight excluding hydrogens is 248 g/mol. The summed E-state index contributed by atoms with van der Waals surface area (Å²) in [7, 11) is -3.49. The summed E-state index contributed by atoms with van der Waals surface area (Å²) in [6.45, 7) is 1.86. The Hall–Kier alpha value is -0.990.